The largest absolute Gasteiger partial charge is 0.467 e. The van der Waals surface area contributed by atoms with Gasteiger partial charge in [0.2, 0.25) is 5.82 Å². The number of nitrogens with zero attached hydrogens (tertiary/aromatic N) is 3. The second-order valence-corrected chi connectivity index (χ2v) is 4.24. The smallest absolute Gasteiger partial charge is 0.333 e. The van der Waals surface area contributed by atoms with Crippen LogP contribution in [-0.4, -0.2) is 14.7 Å². The van der Waals surface area contributed by atoms with Crippen molar-refractivity contribution in [2.75, 3.05) is 5.32 Å². The molecule has 0 amide bonds. The number of aryl methyl sites for hydroxylation is 2. The normalized spacial score (nSPS) is 12.4. The number of furan rings is 1. The third-order valence-corrected chi connectivity index (χ3v) is 2.90. The third-order valence-electron chi connectivity index (χ3n) is 2.90. The van der Waals surface area contributed by atoms with Gasteiger partial charge in [0, 0.05) is 6.54 Å². The molecule has 1 N–H and O–H groups in total. The highest BCUT2D eigenvalue weighted by molar-refractivity contribution is 5.60. The van der Waals surface area contributed by atoms with E-state index in [1.165, 1.54) is 0 Å². The van der Waals surface area contributed by atoms with Crippen LogP contribution < -0.4 is 5.32 Å². The first-order valence-electron chi connectivity index (χ1n) is 6.06. The molecule has 2 rings (SSSR count). The van der Waals surface area contributed by atoms with Crippen molar-refractivity contribution in [3.05, 3.63) is 40.0 Å². The van der Waals surface area contributed by atoms with E-state index in [2.05, 4.69) is 10.4 Å². The molecule has 0 spiro atoms. The van der Waals surface area contributed by atoms with Gasteiger partial charge < -0.3 is 9.73 Å². The zero-order valence-corrected chi connectivity index (χ0v) is 11.1. The Morgan fingerprint density at radius 3 is 2.89 bits per heavy atom. The van der Waals surface area contributed by atoms with Crippen molar-refractivity contribution in [1.29, 1.82) is 0 Å². The zero-order chi connectivity index (χ0) is 14.0. The highest BCUT2D eigenvalue weighted by Crippen LogP contribution is 2.31. The molecular formula is C12H16N4O3. The fourth-order valence-electron chi connectivity index (χ4n) is 1.98. The summed E-state index contributed by atoms with van der Waals surface area (Å²) in [5.41, 5.74) is 0.418. The Morgan fingerprint density at radius 1 is 1.63 bits per heavy atom. The molecule has 1 atom stereocenters. The van der Waals surface area contributed by atoms with Gasteiger partial charge in [-0.05, 0) is 32.9 Å². The van der Waals surface area contributed by atoms with Gasteiger partial charge in [-0.3, -0.25) is 10.1 Å². The lowest BCUT2D eigenvalue weighted by molar-refractivity contribution is -0.384. The molecule has 2 aromatic heterocycles. The molecule has 19 heavy (non-hydrogen) atoms. The van der Waals surface area contributed by atoms with Crippen LogP contribution in [0.25, 0.3) is 0 Å². The van der Waals surface area contributed by atoms with Crippen LogP contribution in [0.2, 0.25) is 0 Å². The lowest BCUT2D eigenvalue weighted by Crippen LogP contribution is -2.12. The number of anilines is 1. The van der Waals surface area contributed by atoms with Gasteiger partial charge in [-0.2, -0.15) is 5.10 Å². The number of nitrogens with one attached hydrogen (secondary N) is 1. The minimum atomic E-state index is -0.411. The molecule has 0 aliphatic rings. The van der Waals surface area contributed by atoms with Crippen molar-refractivity contribution in [3.8, 4) is 0 Å². The van der Waals surface area contributed by atoms with Gasteiger partial charge in [0.05, 0.1) is 17.2 Å². The van der Waals surface area contributed by atoms with Crippen molar-refractivity contribution < 1.29 is 9.34 Å². The van der Waals surface area contributed by atoms with Crippen LogP contribution in [0.4, 0.5) is 11.5 Å². The number of rotatable bonds is 5. The average Bonchev–Trinajstić information content (AvgIpc) is 2.96. The first-order valence-corrected chi connectivity index (χ1v) is 6.06. The maximum absolute atomic E-state index is 11.1. The van der Waals surface area contributed by atoms with Gasteiger partial charge >= 0.3 is 5.69 Å². The van der Waals surface area contributed by atoms with Crippen LogP contribution in [0.5, 0.6) is 0 Å². The van der Waals surface area contributed by atoms with Crippen LogP contribution in [0.15, 0.2) is 22.8 Å². The van der Waals surface area contributed by atoms with E-state index in [1.807, 2.05) is 19.9 Å². The van der Waals surface area contributed by atoms with E-state index in [4.69, 9.17) is 4.42 Å². The summed E-state index contributed by atoms with van der Waals surface area (Å²) in [6, 6.07) is 3.43. The standard InChI is InChI=1S/C12H16N4O3/c1-4-15-12(11(16(17)18)9(3)14-15)13-8(2)10-6-5-7-19-10/h5-8,13H,4H2,1-3H3. The van der Waals surface area contributed by atoms with Crippen molar-refractivity contribution in [3.63, 3.8) is 0 Å². The molecule has 1 unspecified atom stereocenters. The molecule has 0 saturated carbocycles. The Hall–Kier alpha value is -2.31. The summed E-state index contributed by atoms with van der Waals surface area (Å²) in [6.07, 6.45) is 1.57. The predicted octanol–water partition coefficient (Wildman–Crippen LogP) is 2.89. The fourth-order valence-corrected chi connectivity index (χ4v) is 1.98. The Balaban J connectivity index is 2.35. The van der Waals surface area contributed by atoms with E-state index in [0.717, 1.165) is 5.76 Å². The van der Waals surface area contributed by atoms with Gasteiger partial charge in [-0.25, -0.2) is 4.68 Å². The summed E-state index contributed by atoms with van der Waals surface area (Å²) < 4.78 is 6.88. The monoisotopic (exact) mass is 264 g/mol. The fraction of sp³-hybridized carbons (Fsp3) is 0.417. The first-order chi connectivity index (χ1) is 9.04. The summed E-state index contributed by atoms with van der Waals surface area (Å²) in [4.78, 5) is 10.7. The maximum Gasteiger partial charge on any atom is 0.333 e. The molecular weight excluding hydrogens is 248 g/mol. The van der Waals surface area contributed by atoms with Gasteiger partial charge in [0.25, 0.3) is 0 Å². The number of nitro groups is 1. The molecule has 2 aromatic rings. The predicted molar refractivity (Wildman–Crippen MR) is 70.0 cm³/mol. The topological polar surface area (TPSA) is 86.1 Å². The molecule has 2 heterocycles. The summed E-state index contributed by atoms with van der Waals surface area (Å²) in [7, 11) is 0. The molecule has 0 fully saturated rings. The Kier molecular flexibility index (Phi) is 3.55. The summed E-state index contributed by atoms with van der Waals surface area (Å²) in [5, 5.41) is 18.4. The number of aromatic nitrogens is 2. The second kappa shape index (κ2) is 5.13. The summed E-state index contributed by atoms with van der Waals surface area (Å²) in [5.74, 6) is 1.13. The second-order valence-electron chi connectivity index (χ2n) is 4.24. The molecule has 0 bridgehead atoms. The molecule has 102 valence electrons. The number of hydrogen-bond acceptors (Lipinski definition) is 5. The molecule has 0 aromatic carbocycles. The summed E-state index contributed by atoms with van der Waals surface area (Å²) >= 11 is 0. The molecule has 0 aliphatic carbocycles. The SMILES string of the molecule is CCn1nc(C)c([N+](=O)[O-])c1NC(C)c1ccco1. The number of hydrogen-bond donors (Lipinski definition) is 1. The van der Waals surface area contributed by atoms with Crippen LogP contribution in [0.1, 0.15) is 31.3 Å². The maximum atomic E-state index is 11.1. The lowest BCUT2D eigenvalue weighted by atomic mass is 10.2. The summed E-state index contributed by atoms with van der Waals surface area (Å²) in [6.45, 7) is 5.96. The van der Waals surface area contributed by atoms with E-state index in [-0.39, 0.29) is 11.7 Å². The molecule has 0 aliphatic heterocycles. The molecule has 0 radical (unpaired) electrons. The van der Waals surface area contributed by atoms with Crippen LogP contribution in [0.3, 0.4) is 0 Å². The van der Waals surface area contributed by atoms with Crippen molar-refractivity contribution in [1.82, 2.24) is 9.78 Å². The Bertz CT molecular complexity index is 574. The van der Waals surface area contributed by atoms with E-state index in [1.54, 1.807) is 23.9 Å². The van der Waals surface area contributed by atoms with Crippen LogP contribution in [-0.2, 0) is 6.54 Å². The zero-order valence-electron chi connectivity index (χ0n) is 11.1. The van der Waals surface area contributed by atoms with E-state index < -0.39 is 4.92 Å². The van der Waals surface area contributed by atoms with Crippen molar-refractivity contribution in [2.45, 2.75) is 33.4 Å². The van der Waals surface area contributed by atoms with Crippen LogP contribution in [0, 0.1) is 17.0 Å². The van der Waals surface area contributed by atoms with Gasteiger partial charge in [0.1, 0.15) is 11.5 Å². The van der Waals surface area contributed by atoms with E-state index >= 15 is 0 Å². The molecule has 0 saturated heterocycles. The van der Waals surface area contributed by atoms with Crippen LogP contribution >= 0.6 is 0 Å². The van der Waals surface area contributed by atoms with Gasteiger partial charge in [-0.1, -0.05) is 0 Å². The third kappa shape index (κ3) is 2.44. The molecule has 7 heteroatoms. The van der Waals surface area contributed by atoms with E-state index in [9.17, 15) is 10.1 Å². The quantitative estimate of drug-likeness (QED) is 0.662. The van der Waals surface area contributed by atoms with Crippen molar-refractivity contribution in [2.24, 2.45) is 0 Å². The minimum Gasteiger partial charge on any atom is -0.467 e. The lowest BCUT2D eigenvalue weighted by Gasteiger charge is -2.13. The Morgan fingerprint density at radius 2 is 2.37 bits per heavy atom. The average molecular weight is 264 g/mol. The van der Waals surface area contributed by atoms with Gasteiger partial charge in [0.15, 0.2) is 0 Å². The first kappa shape index (κ1) is 13.1. The van der Waals surface area contributed by atoms with Gasteiger partial charge in [-0.15, -0.1) is 0 Å². The highest BCUT2D eigenvalue weighted by Gasteiger charge is 2.26. The van der Waals surface area contributed by atoms with E-state index in [0.29, 0.717) is 18.1 Å². The Labute approximate surface area is 110 Å². The molecule has 7 nitrogen and oxygen atoms in total. The minimum absolute atomic E-state index is 0.0141. The highest BCUT2D eigenvalue weighted by atomic mass is 16.6. The van der Waals surface area contributed by atoms with Crippen molar-refractivity contribution >= 4 is 11.5 Å².